The molecule has 0 aliphatic heterocycles. The minimum absolute atomic E-state index is 0.666. The van der Waals surface area contributed by atoms with Crippen molar-refractivity contribution in [3.63, 3.8) is 0 Å². The number of halogens is 15. The average molecular weight is 577 g/mol. The summed E-state index contributed by atoms with van der Waals surface area (Å²) in [5.74, 6) is -45.9. The van der Waals surface area contributed by atoms with E-state index in [2.05, 4.69) is 4.52 Å². The summed E-state index contributed by atoms with van der Waals surface area (Å²) >= 11 is 0. The van der Waals surface area contributed by atoms with Crippen LogP contribution < -0.4 is 15.9 Å². The van der Waals surface area contributed by atoms with E-state index in [9.17, 15) is 65.9 Å². The maximum Gasteiger partial charge on any atom is 0.260 e. The van der Waals surface area contributed by atoms with Crippen LogP contribution in [0.2, 0.25) is 0 Å². The van der Waals surface area contributed by atoms with Gasteiger partial charge in [0.2, 0.25) is 103 Å². The maximum absolute atomic E-state index is 14.9. The smallest absolute Gasteiger partial charge is 0.221 e. The Labute approximate surface area is 195 Å². The second kappa shape index (κ2) is 9.71. The molecule has 0 aromatic heterocycles. The Morgan fingerprint density at radius 2 is 0.514 bits per heavy atom. The van der Waals surface area contributed by atoms with Gasteiger partial charge in [0, 0.05) is 0 Å². The van der Waals surface area contributed by atoms with Gasteiger partial charge in [0.1, 0.15) is 0 Å². The summed E-state index contributed by atoms with van der Waals surface area (Å²) in [5, 5.41) is -8.26. The van der Waals surface area contributed by atoms with E-state index in [0.29, 0.717) is 6.92 Å². The Balaban J connectivity index is 2.86. The average Bonchev–Trinajstić information content (AvgIpc) is 2.86. The van der Waals surface area contributed by atoms with Crippen LogP contribution in [0.4, 0.5) is 65.9 Å². The molecule has 0 bridgehead atoms. The van der Waals surface area contributed by atoms with Crippen molar-refractivity contribution in [2.75, 3.05) is 6.61 Å². The first-order chi connectivity index (χ1) is 17.1. The number of hydrogen-bond donors (Lipinski definition) is 0. The first kappa shape index (κ1) is 28.6. The highest BCUT2D eigenvalue weighted by molar-refractivity contribution is 7.91. The number of benzene rings is 3. The van der Waals surface area contributed by atoms with Gasteiger partial charge in [-0.05, 0) is 6.92 Å². The third-order valence-corrected chi connectivity index (χ3v) is 8.54. The second-order valence-corrected chi connectivity index (χ2v) is 9.60. The molecule has 3 aromatic rings. The zero-order valence-electron chi connectivity index (χ0n) is 17.2. The lowest BCUT2D eigenvalue weighted by Gasteiger charge is -2.27. The zero-order chi connectivity index (χ0) is 28.3. The van der Waals surface area contributed by atoms with E-state index in [1.807, 2.05) is 0 Å². The molecular formula is C20H5F15OP+. The molecule has 3 aromatic carbocycles. The van der Waals surface area contributed by atoms with Gasteiger partial charge in [-0.25, -0.2) is 44.0 Å². The largest absolute Gasteiger partial charge is 0.260 e. The Hall–Kier alpha value is -3.00. The van der Waals surface area contributed by atoms with Crippen LogP contribution in [0.1, 0.15) is 6.92 Å². The lowest BCUT2D eigenvalue weighted by molar-refractivity contribution is 0.357. The van der Waals surface area contributed by atoms with Crippen molar-refractivity contribution in [3.05, 3.63) is 87.3 Å². The van der Waals surface area contributed by atoms with Crippen LogP contribution in [0.3, 0.4) is 0 Å². The first-order valence-electron chi connectivity index (χ1n) is 9.18. The third-order valence-electron chi connectivity index (χ3n) is 4.83. The van der Waals surface area contributed by atoms with Crippen molar-refractivity contribution >= 4 is 23.4 Å². The van der Waals surface area contributed by atoms with Gasteiger partial charge in [0.05, 0.1) is 6.61 Å². The molecule has 0 unspecified atom stereocenters. The lowest BCUT2D eigenvalue weighted by atomic mass is 10.3. The molecule has 200 valence electrons. The van der Waals surface area contributed by atoms with E-state index in [1.54, 1.807) is 0 Å². The van der Waals surface area contributed by atoms with Crippen molar-refractivity contribution < 1.29 is 70.4 Å². The fourth-order valence-corrected chi connectivity index (χ4v) is 7.03. The predicted molar refractivity (Wildman–Crippen MR) is 96.1 cm³/mol. The van der Waals surface area contributed by atoms with Gasteiger partial charge in [0.15, 0.2) is 0 Å². The summed E-state index contributed by atoms with van der Waals surface area (Å²) in [4.78, 5) is 0. The van der Waals surface area contributed by atoms with Crippen LogP contribution in [0.5, 0.6) is 0 Å². The fourth-order valence-electron chi connectivity index (χ4n) is 3.33. The first-order valence-corrected chi connectivity index (χ1v) is 10.9. The van der Waals surface area contributed by atoms with Crippen LogP contribution in [-0.2, 0) is 4.52 Å². The van der Waals surface area contributed by atoms with Gasteiger partial charge < -0.3 is 0 Å². The summed E-state index contributed by atoms with van der Waals surface area (Å²) in [5.41, 5.74) is 0. The summed E-state index contributed by atoms with van der Waals surface area (Å²) < 4.78 is 219. The van der Waals surface area contributed by atoms with Crippen molar-refractivity contribution in [2.45, 2.75) is 6.92 Å². The van der Waals surface area contributed by atoms with E-state index in [4.69, 9.17) is 0 Å². The molecule has 0 saturated carbocycles. The molecule has 0 atom stereocenters. The van der Waals surface area contributed by atoms with Crippen molar-refractivity contribution in [1.29, 1.82) is 0 Å². The molecule has 0 N–H and O–H groups in total. The highest BCUT2D eigenvalue weighted by atomic mass is 31.2. The van der Waals surface area contributed by atoms with Crippen LogP contribution in [0.25, 0.3) is 0 Å². The molecule has 0 heterocycles. The third kappa shape index (κ3) is 3.83. The molecule has 0 spiro atoms. The quantitative estimate of drug-likeness (QED) is 0.156. The summed E-state index contributed by atoms with van der Waals surface area (Å²) in [6.07, 6.45) is 0. The molecule has 0 aliphatic rings. The molecule has 0 saturated heterocycles. The summed E-state index contributed by atoms with van der Waals surface area (Å²) in [7, 11) is -6.69. The van der Waals surface area contributed by atoms with Crippen LogP contribution in [-0.4, -0.2) is 6.61 Å². The van der Waals surface area contributed by atoms with Crippen LogP contribution in [0.15, 0.2) is 0 Å². The Morgan fingerprint density at radius 3 is 0.676 bits per heavy atom. The minimum atomic E-state index is -6.69. The predicted octanol–water partition coefficient (Wildman–Crippen LogP) is 6.02. The van der Waals surface area contributed by atoms with Crippen LogP contribution in [0, 0.1) is 87.3 Å². The molecule has 0 radical (unpaired) electrons. The van der Waals surface area contributed by atoms with Crippen molar-refractivity contribution in [3.8, 4) is 0 Å². The Bertz CT molecular complexity index is 1200. The molecule has 0 aliphatic carbocycles. The SMILES string of the molecule is CCO[P+](c1c(F)c(F)c(F)c(F)c1F)(c1c(F)c(F)c(F)c(F)c1F)c1c(F)c(F)c(F)c(F)c1F. The Kier molecular flexibility index (Phi) is 7.50. The number of rotatable bonds is 5. The number of hydrogen-bond acceptors (Lipinski definition) is 1. The standard InChI is InChI=1S/C20H5F15OP/c1-2-36-37(18-12(30)6(24)3(21)7(25)13(18)31,19-14(32)8(26)4(22)9(27)15(19)33)20-16(34)10(28)5(23)11(29)17(20)35/h2H2,1H3/q+1. The summed E-state index contributed by atoms with van der Waals surface area (Å²) in [6, 6.07) is 0. The van der Waals surface area contributed by atoms with Gasteiger partial charge >= 0.3 is 0 Å². The van der Waals surface area contributed by atoms with Gasteiger partial charge in [-0.2, -0.15) is 26.3 Å². The van der Waals surface area contributed by atoms with E-state index in [1.165, 1.54) is 0 Å². The van der Waals surface area contributed by atoms with E-state index in [-0.39, 0.29) is 0 Å². The molecular weight excluding hydrogens is 572 g/mol. The van der Waals surface area contributed by atoms with E-state index in [0.717, 1.165) is 0 Å². The minimum Gasteiger partial charge on any atom is -0.221 e. The normalized spacial score (nSPS) is 12.0. The molecule has 37 heavy (non-hydrogen) atoms. The lowest BCUT2D eigenvalue weighted by Crippen LogP contribution is -2.44. The molecule has 0 fully saturated rings. The van der Waals surface area contributed by atoms with Gasteiger partial charge in [-0.3, -0.25) is 0 Å². The highest BCUT2D eigenvalue weighted by Gasteiger charge is 2.63. The van der Waals surface area contributed by atoms with Gasteiger partial charge in [-0.15, -0.1) is 0 Å². The van der Waals surface area contributed by atoms with E-state index >= 15 is 0 Å². The maximum atomic E-state index is 14.9. The molecule has 3 rings (SSSR count). The van der Waals surface area contributed by atoms with Gasteiger partial charge in [-0.1, -0.05) is 0 Å². The highest BCUT2D eigenvalue weighted by Crippen LogP contribution is 2.60. The van der Waals surface area contributed by atoms with Gasteiger partial charge in [0.25, 0.3) is 7.49 Å². The second-order valence-electron chi connectivity index (χ2n) is 6.78. The summed E-state index contributed by atoms with van der Waals surface area (Å²) in [6.45, 7) is -0.675. The molecule has 17 heteroatoms. The molecule has 1 nitrogen and oxygen atoms in total. The molecule has 0 amide bonds. The zero-order valence-corrected chi connectivity index (χ0v) is 18.1. The van der Waals surface area contributed by atoms with Crippen LogP contribution >= 0.6 is 7.49 Å². The topological polar surface area (TPSA) is 9.23 Å². The monoisotopic (exact) mass is 577 g/mol. The van der Waals surface area contributed by atoms with E-state index < -0.39 is 117 Å². The van der Waals surface area contributed by atoms with Crippen molar-refractivity contribution in [2.24, 2.45) is 0 Å². The Morgan fingerprint density at radius 1 is 0.351 bits per heavy atom. The fraction of sp³-hybridized carbons (Fsp3) is 0.100. The van der Waals surface area contributed by atoms with Crippen molar-refractivity contribution in [1.82, 2.24) is 0 Å².